The van der Waals surface area contributed by atoms with E-state index in [0.29, 0.717) is 0 Å². The summed E-state index contributed by atoms with van der Waals surface area (Å²) >= 11 is 0. The number of hydrogen-bond acceptors (Lipinski definition) is 3. The van der Waals surface area contributed by atoms with Crippen LogP contribution in [-0.4, -0.2) is 0 Å². The van der Waals surface area contributed by atoms with Crippen LogP contribution in [0.4, 0.5) is 17.1 Å². The average molecular weight is 703 g/mol. The Labute approximate surface area is 339 Å². The lowest BCUT2D eigenvalue weighted by molar-refractivity contribution is 0.667. The molecule has 0 radical (unpaired) electrons. The van der Waals surface area contributed by atoms with Gasteiger partial charge in [-0.3, -0.25) is 0 Å². The van der Waals surface area contributed by atoms with Crippen LogP contribution < -0.4 is 4.90 Å². The van der Waals surface area contributed by atoms with Gasteiger partial charge in [-0.1, -0.05) is 115 Å². The van der Waals surface area contributed by atoms with E-state index in [1.54, 1.807) is 0 Å². The molecule has 10 aromatic rings. The van der Waals surface area contributed by atoms with Gasteiger partial charge < -0.3 is 13.7 Å². The van der Waals surface area contributed by atoms with Crippen molar-refractivity contribution in [3.05, 3.63) is 198 Å². The molecule has 3 heteroatoms. The van der Waals surface area contributed by atoms with E-state index >= 15 is 0 Å². The number of para-hydroxylation sites is 1. The summed E-state index contributed by atoms with van der Waals surface area (Å²) in [5, 5.41) is -0.649. The minimum atomic E-state index is -1.99. The lowest BCUT2D eigenvalue weighted by Crippen LogP contribution is -2.22. The summed E-state index contributed by atoms with van der Waals surface area (Å²) in [7, 11) is 0. The van der Waals surface area contributed by atoms with Crippen molar-refractivity contribution in [3.63, 3.8) is 0 Å². The Balaban J connectivity index is 1.22. The van der Waals surface area contributed by atoms with Gasteiger partial charge in [0.2, 0.25) is 0 Å². The summed E-state index contributed by atoms with van der Waals surface area (Å²) in [5.41, 5.74) is -5.41. The first-order valence-corrected chi connectivity index (χ1v) is 16.3. The number of furan rings is 2. The van der Waals surface area contributed by atoms with Crippen molar-refractivity contribution in [1.82, 2.24) is 0 Å². The number of anilines is 3. The number of benzene rings is 8. The van der Waals surface area contributed by atoms with E-state index in [4.69, 9.17) is 28.0 Å². The highest BCUT2D eigenvalue weighted by atomic mass is 16.3. The van der Waals surface area contributed by atoms with Crippen molar-refractivity contribution >= 4 is 60.9 Å². The molecule has 0 saturated carbocycles. The maximum atomic E-state index is 9.87. The minimum Gasteiger partial charge on any atom is -0.456 e. The number of fused-ring (bicyclic) bond motifs is 9. The van der Waals surface area contributed by atoms with E-state index in [-0.39, 0.29) is 107 Å². The number of rotatable bonds is 5. The maximum absolute atomic E-state index is 9.87. The van der Waals surface area contributed by atoms with E-state index in [1.807, 2.05) is 0 Å². The molecule has 2 aromatic heterocycles. The predicted octanol–water partition coefficient (Wildman–Crippen LogP) is 14.0. The van der Waals surface area contributed by atoms with Gasteiger partial charge in [-0.25, -0.2) is 0 Å². The van der Waals surface area contributed by atoms with Crippen LogP contribution in [0, 0.1) is 0 Å². The van der Waals surface area contributed by atoms with Crippen LogP contribution in [0.15, 0.2) is 190 Å². The molecule has 53 heavy (non-hydrogen) atoms. The zero-order valence-corrected chi connectivity index (χ0v) is 27.3. The Bertz CT molecular complexity index is 4280. The molecule has 250 valence electrons. The summed E-state index contributed by atoms with van der Waals surface area (Å²) in [6.07, 6.45) is 0. The number of hydrogen-bond donors (Lipinski definition) is 0. The molecule has 0 atom stereocenters. The first-order chi connectivity index (χ1) is 35.7. The van der Waals surface area contributed by atoms with Gasteiger partial charge in [0.05, 0.1) is 31.5 Å². The standard InChI is InChI=1S/C50H33NO2/c1-50(44-16-8-5-13-38(44)39-14-6-9-17-45(39)50)34-21-28-47-43(29-34)42-27-25-37(31-49(42)53-47)51(35-22-19-33(20-23-35)32-11-3-2-4-12-32)36-24-26-41-40-15-7-10-18-46(40)52-48(41)30-36/h2-31H,1H3/i2D,3D,4D,5D,6D,7D,8D,9D,10D,13D,14D,15D,16D,17D,19D,22D,23D,25D,26D,27D,28D,29D,30D. The van der Waals surface area contributed by atoms with Crippen molar-refractivity contribution in [2.24, 2.45) is 0 Å². The topological polar surface area (TPSA) is 29.5 Å². The zero-order chi connectivity index (χ0) is 55.1. The quantitative estimate of drug-likeness (QED) is 0.179. The van der Waals surface area contributed by atoms with Gasteiger partial charge in [-0.05, 0) is 100 Å². The van der Waals surface area contributed by atoms with Crippen LogP contribution in [0.2, 0.25) is 0 Å². The molecule has 2 heterocycles. The third-order valence-corrected chi connectivity index (χ3v) is 9.57. The molecule has 0 aliphatic heterocycles. The zero-order valence-electron chi connectivity index (χ0n) is 50.3. The molecule has 0 bridgehead atoms. The molecule has 0 saturated heterocycles. The third kappa shape index (κ3) is 4.47. The first-order valence-electron chi connectivity index (χ1n) is 27.8. The molecule has 0 spiro atoms. The molecule has 3 nitrogen and oxygen atoms in total. The largest absolute Gasteiger partial charge is 0.456 e. The Kier molecular flexibility index (Phi) is 3.21. The fraction of sp³-hybridized carbons (Fsp3) is 0.0400. The summed E-state index contributed by atoms with van der Waals surface area (Å²) in [5.74, 6) is 0. The van der Waals surface area contributed by atoms with E-state index in [2.05, 4.69) is 0 Å². The molecule has 0 amide bonds. The van der Waals surface area contributed by atoms with Crippen molar-refractivity contribution in [3.8, 4) is 22.3 Å². The van der Waals surface area contributed by atoms with Gasteiger partial charge >= 0.3 is 0 Å². The van der Waals surface area contributed by atoms with Crippen LogP contribution in [0.25, 0.3) is 66.1 Å². The average Bonchev–Trinajstić information content (AvgIpc) is 4.26. The first kappa shape index (κ1) is 15.0. The van der Waals surface area contributed by atoms with Gasteiger partial charge in [0, 0.05) is 56.1 Å². The maximum Gasteiger partial charge on any atom is 0.137 e. The molecule has 11 rings (SSSR count). The molecular weight excluding hydrogens is 647 g/mol. The monoisotopic (exact) mass is 702 g/mol. The van der Waals surface area contributed by atoms with Crippen LogP contribution in [0.3, 0.4) is 0 Å². The van der Waals surface area contributed by atoms with Gasteiger partial charge in [-0.15, -0.1) is 0 Å². The van der Waals surface area contributed by atoms with E-state index in [9.17, 15) is 12.3 Å². The van der Waals surface area contributed by atoms with Crippen LogP contribution in [0.1, 0.15) is 55.1 Å². The second-order valence-electron chi connectivity index (χ2n) is 12.5. The highest BCUT2D eigenvalue weighted by Crippen LogP contribution is 2.53. The van der Waals surface area contributed by atoms with Crippen LogP contribution >= 0.6 is 0 Å². The van der Waals surface area contributed by atoms with E-state index in [1.165, 1.54) is 19.1 Å². The second kappa shape index (κ2) is 11.3. The highest BCUT2D eigenvalue weighted by Gasteiger charge is 2.40. The molecule has 0 N–H and O–H groups in total. The SMILES string of the molecule is [2H]c1cc(-c2cc([2H])c(N(c3cc4oc5c([2H])cc(C6(C)c7c([2H])c([2H])c([2H])c([2H])c7-c7c([2H])c([2H])c([2H])c([2H])c76)c([2H])c5c4c([2H])c3[2H])c3cc([2H])c4c(oc5cc([2H])c([2H])c([2H])c54)c3[2H])c([2H])c2[2H])cc([2H])c1[2H]. The normalized spacial score (nSPS) is 19.2. The van der Waals surface area contributed by atoms with Gasteiger partial charge in [0.25, 0.3) is 0 Å². The minimum absolute atomic E-state index is 0.0526. The molecular formula is C50H33NO2. The van der Waals surface area contributed by atoms with Gasteiger partial charge in [0.15, 0.2) is 0 Å². The third-order valence-electron chi connectivity index (χ3n) is 9.57. The van der Waals surface area contributed by atoms with E-state index in [0.717, 1.165) is 35.2 Å². The second-order valence-corrected chi connectivity index (χ2v) is 12.5. The highest BCUT2D eigenvalue weighted by molar-refractivity contribution is 6.08. The summed E-state index contributed by atoms with van der Waals surface area (Å²) in [6.45, 7) is 1.42. The molecule has 0 unspecified atom stereocenters. The fourth-order valence-corrected chi connectivity index (χ4v) is 6.99. The summed E-state index contributed by atoms with van der Waals surface area (Å²) < 4.78 is 218. The van der Waals surface area contributed by atoms with Gasteiger partial charge in [-0.2, -0.15) is 0 Å². The van der Waals surface area contributed by atoms with Crippen molar-refractivity contribution in [2.75, 3.05) is 4.90 Å². The Morgan fingerprint density at radius 2 is 1.15 bits per heavy atom. The molecule has 1 aliphatic carbocycles. The Morgan fingerprint density at radius 3 is 1.98 bits per heavy atom. The van der Waals surface area contributed by atoms with Crippen LogP contribution in [-0.2, 0) is 5.41 Å². The van der Waals surface area contributed by atoms with E-state index < -0.39 is 138 Å². The van der Waals surface area contributed by atoms with Crippen molar-refractivity contribution < 1.29 is 40.4 Å². The number of nitrogens with zero attached hydrogens (tertiary/aromatic N) is 1. The summed E-state index contributed by atoms with van der Waals surface area (Å²) in [4.78, 5) is 0.987. The molecule has 1 aliphatic rings. The molecule has 8 aromatic carbocycles. The smallest absolute Gasteiger partial charge is 0.137 e. The lowest BCUT2D eigenvalue weighted by atomic mass is 9.74. The fourth-order valence-electron chi connectivity index (χ4n) is 6.99. The predicted molar refractivity (Wildman–Crippen MR) is 219 cm³/mol. The van der Waals surface area contributed by atoms with Gasteiger partial charge in [0.1, 0.15) is 22.3 Å². The Hall–Kier alpha value is -6.84. The van der Waals surface area contributed by atoms with Crippen LogP contribution in [0.5, 0.6) is 0 Å². The summed E-state index contributed by atoms with van der Waals surface area (Å²) in [6, 6.07) is -4.77. The van der Waals surface area contributed by atoms with Crippen molar-refractivity contribution in [2.45, 2.75) is 12.3 Å². The lowest BCUT2D eigenvalue weighted by Gasteiger charge is -2.28. The Morgan fingerprint density at radius 1 is 0.453 bits per heavy atom. The van der Waals surface area contributed by atoms with Crippen molar-refractivity contribution in [1.29, 1.82) is 0 Å². The molecule has 0 fully saturated rings.